The predicted molar refractivity (Wildman–Crippen MR) is 62.2 cm³/mol. The van der Waals surface area contributed by atoms with E-state index in [0.29, 0.717) is 17.9 Å². The van der Waals surface area contributed by atoms with Gasteiger partial charge in [-0.1, -0.05) is 6.07 Å². The molecule has 2 rings (SSSR count). The standard InChI is InChI=1S/C13H16O4/c1-15-11-7-6-9(8-12(11)16-2)10-4-3-5-13(14)17-10/h6-8,10H,3-5H2,1-2H3/t10-/m1/s1. The quantitative estimate of drug-likeness (QED) is 0.756. The van der Waals surface area contributed by atoms with E-state index in [1.165, 1.54) is 0 Å². The summed E-state index contributed by atoms with van der Waals surface area (Å²) in [5, 5.41) is 0. The summed E-state index contributed by atoms with van der Waals surface area (Å²) in [5.74, 6) is 1.21. The van der Waals surface area contributed by atoms with Crippen molar-refractivity contribution in [2.24, 2.45) is 0 Å². The van der Waals surface area contributed by atoms with Crippen LogP contribution in [0.1, 0.15) is 30.9 Å². The molecule has 1 aromatic rings. The van der Waals surface area contributed by atoms with Crippen LogP contribution < -0.4 is 9.47 Å². The van der Waals surface area contributed by atoms with Crippen molar-refractivity contribution in [2.75, 3.05) is 14.2 Å². The molecule has 1 fully saturated rings. The molecule has 4 heteroatoms. The second-order valence-corrected chi connectivity index (χ2v) is 3.99. The fraction of sp³-hybridized carbons (Fsp3) is 0.462. The van der Waals surface area contributed by atoms with Crippen molar-refractivity contribution >= 4 is 5.97 Å². The number of hydrogen-bond donors (Lipinski definition) is 0. The second kappa shape index (κ2) is 5.08. The van der Waals surface area contributed by atoms with Crippen LogP contribution in [0.25, 0.3) is 0 Å². The van der Waals surface area contributed by atoms with E-state index >= 15 is 0 Å². The number of hydrogen-bond acceptors (Lipinski definition) is 4. The third-order valence-electron chi connectivity index (χ3n) is 2.90. The molecular weight excluding hydrogens is 220 g/mol. The first kappa shape index (κ1) is 11.8. The third-order valence-corrected chi connectivity index (χ3v) is 2.90. The molecule has 0 amide bonds. The van der Waals surface area contributed by atoms with E-state index in [-0.39, 0.29) is 12.1 Å². The lowest BCUT2D eigenvalue weighted by molar-refractivity contribution is -0.154. The lowest BCUT2D eigenvalue weighted by Gasteiger charge is -2.23. The first-order chi connectivity index (χ1) is 8.24. The van der Waals surface area contributed by atoms with Gasteiger partial charge >= 0.3 is 5.97 Å². The third kappa shape index (κ3) is 2.52. The van der Waals surface area contributed by atoms with Crippen molar-refractivity contribution in [2.45, 2.75) is 25.4 Å². The van der Waals surface area contributed by atoms with Crippen molar-refractivity contribution < 1.29 is 19.0 Å². The Labute approximate surface area is 100 Å². The van der Waals surface area contributed by atoms with Crippen molar-refractivity contribution in [3.63, 3.8) is 0 Å². The Hall–Kier alpha value is -1.71. The van der Waals surface area contributed by atoms with Gasteiger partial charge < -0.3 is 14.2 Å². The maximum absolute atomic E-state index is 11.2. The van der Waals surface area contributed by atoms with Crippen LogP contribution in [0, 0.1) is 0 Å². The molecule has 0 spiro atoms. The van der Waals surface area contributed by atoms with Gasteiger partial charge in [0, 0.05) is 6.42 Å². The lowest BCUT2D eigenvalue weighted by Crippen LogP contribution is -2.16. The molecule has 0 saturated carbocycles. The number of methoxy groups -OCH3 is 2. The zero-order chi connectivity index (χ0) is 12.3. The highest BCUT2D eigenvalue weighted by Crippen LogP contribution is 2.34. The summed E-state index contributed by atoms with van der Waals surface area (Å²) in [6, 6.07) is 5.60. The number of ether oxygens (including phenoxy) is 3. The van der Waals surface area contributed by atoms with Crippen LogP contribution in [-0.4, -0.2) is 20.2 Å². The molecule has 0 aliphatic carbocycles. The highest BCUT2D eigenvalue weighted by atomic mass is 16.5. The first-order valence-electron chi connectivity index (χ1n) is 5.66. The summed E-state index contributed by atoms with van der Waals surface area (Å²) < 4.78 is 15.7. The summed E-state index contributed by atoms with van der Waals surface area (Å²) >= 11 is 0. The fourth-order valence-corrected chi connectivity index (χ4v) is 2.00. The van der Waals surface area contributed by atoms with Gasteiger partial charge in [0.05, 0.1) is 14.2 Å². The van der Waals surface area contributed by atoms with Crippen molar-refractivity contribution in [3.05, 3.63) is 23.8 Å². The first-order valence-corrected chi connectivity index (χ1v) is 5.66. The van der Waals surface area contributed by atoms with E-state index in [9.17, 15) is 4.79 Å². The normalized spacial score (nSPS) is 19.6. The molecule has 1 heterocycles. The number of rotatable bonds is 3. The van der Waals surface area contributed by atoms with Crippen molar-refractivity contribution in [1.29, 1.82) is 0 Å². The average molecular weight is 236 g/mol. The van der Waals surface area contributed by atoms with E-state index in [1.54, 1.807) is 14.2 Å². The van der Waals surface area contributed by atoms with Gasteiger partial charge in [0.25, 0.3) is 0 Å². The van der Waals surface area contributed by atoms with Gasteiger partial charge in [0.1, 0.15) is 6.10 Å². The van der Waals surface area contributed by atoms with Crippen molar-refractivity contribution in [1.82, 2.24) is 0 Å². The molecular formula is C13H16O4. The minimum Gasteiger partial charge on any atom is -0.493 e. The van der Waals surface area contributed by atoms with Crippen molar-refractivity contribution in [3.8, 4) is 11.5 Å². The largest absolute Gasteiger partial charge is 0.493 e. The van der Waals surface area contributed by atoms with E-state index in [0.717, 1.165) is 18.4 Å². The molecule has 1 saturated heterocycles. The number of benzene rings is 1. The molecule has 4 nitrogen and oxygen atoms in total. The summed E-state index contributed by atoms with van der Waals surface area (Å²) in [7, 11) is 3.19. The molecule has 1 aliphatic heterocycles. The number of carbonyl (C=O) groups excluding carboxylic acids is 1. The van der Waals surface area contributed by atoms with E-state index in [1.807, 2.05) is 18.2 Å². The van der Waals surface area contributed by atoms with Crippen LogP contribution in [0.15, 0.2) is 18.2 Å². The minimum absolute atomic E-state index is 0.129. The van der Waals surface area contributed by atoms with E-state index in [4.69, 9.17) is 14.2 Å². The number of cyclic esters (lactones) is 1. The summed E-state index contributed by atoms with van der Waals surface area (Å²) in [6.07, 6.45) is 2.10. The molecule has 17 heavy (non-hydrogen) atoms. The Balaban J connectivity index is 2.23. The summed E-state index contributed by atoms with van der Waals surface area (Å²) in [5.41, 5.74) is 0.954. The van der Waals surface area contributed by atoms with Gasteiger partial charge in [-0.3, -0.25) is 4.79 Å². The summed E-state index contributed by atoms with van der Waals surface area (Å²) in [4.78, 5) is 11.2. The molecule has 0 unspecified atom stereocenters. The average Bonchev–Trinajstić information content (AvgIpc) is 2.38. The van der Waals surface area contributed by atoms with Crippen LogP contribution in [0.3, 0.4) is 0 Å². The highest BCUT2D eigenvalue weighted by molar-refractivity contribution is 5.70. The molecule has 92 valence electrons. The van der Waals surface area contributed by atoms with Crippen LogP contribution in [0.4, 0.5) is 0 Å². The van der Waals surface area contributed by atoms with Gasteiger partial charge in [0.2, 0.25) is 0 Å². The molecule has 0 N–H and O–H groups in total. The number of carbonyl (C=O) groups is 1. The Bertz CT molecular complexity index is 414. The van der Waals surface area contributed by atoms with E-state index < -0.39 is 0 Å². The Morgan fingerprint density at radius 1 is 1.24 bits per heavy atom. The number of esters is 1. The second-order valence-electron chi connectivity index (χ2n) is 3.99. The summed E-state index contributed by atoms with van der Waals surface area (Å²) in [6.45, 7) is 0. The van der Waals surface area contributed by atoms with Gasteiger partial charge in [-0.25, -0.2) is 0 Å². The molecule has 1 atom stereocenters. The molecule has 1 aromatic carbocycles. The van der Waals surface area contributed by atoms with Crippen LogP contribution in [-0.2, 0) is 9.53 Å². The monoisotopic (exact) mass is 236 g/mol. The van der Waals surface area contributed by atoms with Crippen LogP contribution >= 0.6 is 0 Å². The molecule has 0 bridgehead atoms. The van der Waals surface area contributed by atoms with Crippen LogP contribution in [0.2, 0.25) is 0 Å². The zero-order valence-electron chi connectivity index (χ0n) is 10.1. The Kier molecular flexibility index (Phi) is 3.52. The highest BCUT2D eigenvalue weighted by Gasteiger charge is 2.22. The Morgan fingerprint density at radius 2 is 2.00 bits per heavy atom. The fourth-order valence-electron chi connectivity index (χ4n) is 2.00. The van der Waals surface area contributed by atoms with Gasteiger partial charge in [-0.05, 0) is 30.5 Å². The SMILES string of the molecule is COc1ccc([C@H]2CCCC(=O)O2)cc1OC. The van der Waals surface area contributed by atoms with Gasteiger partial charge in [-0.2, -0.15) is 0 Å². The topological polar surface area (TPSA) is 44.8 Å². The minimum atomic E-state index is -0.156. The maximum atomic E-state index is 11.2. The van der Waals surface area contributed by atoms with Gasteiger partial charge in [0.15, 0.2) is 11.5 Å². The van der Waals surface area contributed by atoms with E-state index in [2.05, 4.69) is 0 Å². The smallest absolute Gasteiger partial charge is 0.306 e. The van der Waals surface area contributed by atoms with Gasteiger partial charge in [-0.15, -0.1) is 0 Å². The molecule has 1 aliphatic rings. The maximum Gasteiger partial charge on any atom is 0.306 e. The Morgan fingerprint density at radius 3 is 2.65 bits per heavy atom. The van der Waals surface area contributed by atoms with Crippen LogP contribution in [0.5, 0.6) is 11.5 Å². The molecule has 0 aromatic heterocycles. The zero-order valence-corrected chi connectivity index (χ0v) is 10.1. The lowest BCUT2D eigenvalue weighted by atomic mass is 10.0. The predicted octanol–water partition coefficient (Wildman–Crippen LogP) is 2.47. The molecule has 0 radical (unpaired) electrons.